The van der Waals surface area contributed by atoms with E-state index >= 15 is 0 Å². The zero-order valence-electron chi connectivity index (χ0n) is 11.2. The van der Waals surface area contributed by atoms with Crippen LogP contribution in [0, 0.1) is 0 Å². The molecule has 104 valence electrons. The number of hydrogen-bond donors (Lipinski definition) is 0. The van der Waals surface area contributed by atoms with Crippen LogP contribution in [0.4, 0.5) is 0 Å². The molecule has 1 aromatic carbocycles. The van der Waals surface area contributed by atoms with Gasteiger partial charge in [-0.2, -0.15) is 0 Å². The van der Waals surface area contributed by atoms with Crippen molar-refractivity contribution in [1.29, 1.82) is 0 Å². The van der Waals surface area contributed by atoms with Crippen LogP contribution in [0.3, 0.4) is 0 Å². The van der Waals surface area contributed by atoms with Gasteiger partial charge in [-0.25, -0.2) is 0 Å². The van der Waals surface area contributed by atoms with Crippen molar-refractivity contribution >= 4 is 16.5 Å². The Balaban J connectivity index is 1.57. The minimum atomic E-state index is -0.483. The summed E-state index contributed by atoms with van der Waals surface area (Å²) in [4.78, 5) is 13.1. The van der Waals surface area contributed by atoms with Crippen molar-refractivity contribution in [3.8, 4) is 0 Å². The summed E-state index contributed by atoms with van der Waals surface area (Å²) in [5, 5.41) is 1.96. The fourth-order valence-corrected chi connectivity index (χ4v) is 3.40. The van der Waals surface area contributed by atoms with Gasteiger partial charge in [-0.3, -0.25) is 4.79 Å². The van der Waals surface area contributed by atoms with Gasteiger partial charge in [-0.15, -0.1) is 4.18 Å². The zero-order valence-corrected chi connectivity index (χ0v) is 12.0. The van der Waals surface area contributed by atoms with Crippen molar-refractivity contribution in [3.05, 3.63) is 58.3 Å². The topological polar surface area (TPSA) is 38.8 Å². The number of rotatable bonds is 7. The second kappa shape index (κ2) is 6.31. The predicted molar refractivity (Wildman–Crippen MR) is 79.2 cm³/mol. The molecule has 0 amide bonds. The molecule has 0 radical (unpaired) electrons. The standard InChI is InChI=1S/C16H17O3S/c17-15(9-8-13-5-2-1-3-6-13)16-7-4-10-20(16)19-12-14-11-18-14/h1-7,10,14H,8-9,11-12H2/q+1. The number of aryl methyl sites for hydroxylation is 1. The lowest BCUT2D eigenvalue weighted by Gasteiger charge is -1.98. The van der Waals surface area contributed by atoms with Gasteiger partial charge < -0.3 is 4.74 Å². The van der Waals surface area contributed by atoms with E-state index in [-0.39, 0.29) is 11.9 Å². The third-order valence-corrected chi connectivity index (χ3v) is 4.80. The molecule has 0 N–H and O–H groups in total. The van der Waals surface area contributed by atoms with Crippen LogP contribution in [0.15, 0.2) is 47.8 Å². The van der Waals surface area contributed by atoms with E-state index in [9.17, 15) is 4.79 Å². The molecule has 0 saturated carbocycles. The lowest BCUT2D eigenvalue weighted by molar-refractivity contribution is 0.0986. The third kappa shape index (κ3) is 3.54. The van der Waals surface area contributed by atoms with Gasteiger partial charge in [0.25, 0.3) is 4.88 Å². The number of epoxide rings is 1. The number of carbonyl (C=O) groups excluding carboxylic acids is 1. The Kier molecular flexibility index (Phi) is 4.25. The van der Waals surface area contributed by atoms with Crippen molar-refractivity contribution in [2.45, 2.75) is 18.9 Å². The number of benzene rings is 1. The fraction of sp³-hybridized carbons (Fsp3) is 0.312. The van der Waals surface area contributed by atoms with Crippen molar-refractivity contribution in [1.82, 2.24) is 0 Å². The molecule has 2 heterocycles. The van der Waals surface area contributed by atoms with Gasteiger partial charge in [0.2, 0.25) is 5.78 Å². The second-order valence-electron chi connectivity index (χ2n) is 4.81. The van der Waals surface area contributed by atoms with Crippen molar-refractivity contribution in [3.63, 3.8) is 0 Å². The van der Waals surface area contributed by atoms with Gasteiger partial charge in [0.05, 0.1) is 6.61 Å². The first kappa shape index (κ1) is 13.5. The lowest BCUT2D eigenvalue weighted by Crippen LogP contribution is -2.07. The van der Waals surface area contributed by atoms with E-state index in [1.165, 1.54) is 5.56 Å². The first-order chi connectivity index (χ1) is 9.83. The average molecular weight is 289 g/mol. The number of thiophene rings is 1. The van der Waals surface area contributed by atoms with Crippen LogP contribution in [0.25, 0.3) is 0 Å². The number of hydrogen-bond acceptors (Lipinski definition) is 3. The summed E-state index contributed by atoms with van der Waals surface area (Å²) in [5.74, 6) is 0.180. The smallest absolute Gasteiger partial charge is 0.252 e. The molecule has 2 unspecified atom stereocenters. The zero-order chi connectivity index (χ0) is 13.8. The summed E-state index contributed by atoms with van der Waals surface area (Å²) in [6.45, 7) is 1.36. The van der Waals surface area contributed by atoms with Crippen LogP contribution in [0.2, 0.25) is 0 Å². The molecule has 1 aliphatic heterocycles. The van der Waals surface area contributed by atoms with E-state index in [1.54, 1.807) is 0 Å². The Morgan fingerprint density at radius 3 is 2.80 bits per heavy atom. The molecular weight excluding hydrogens is 272 g/mol. The SMILES string of the molecule is O=C(CCc1ccccc1)c1ccc[s+]1OCC1CO1. The molecule has 3 rings (SSSR count). The van der Waals surface area contributed by atoms with Crippen LogP contribution in [0.1, 0.15) is 21.7 Å². The fourth-order valence-electron chi connectivity index (χ4n) is 1.99. The van der Waals surface area contributed by atoms with Crippen LogP contribution in [0.5, 0.6) is 0 Å². The molecule has 1 aromatic heterocycles. The Hall–Kier alpha value is -1.49. The molecule has 3 nitrogen and oxygen atoms in total. The first-order valence-corrected chi connectivity index (χ1v) is 7.98. The van der Waals surface area contributed by atoms with Gasteiger partial charge in [0.1, 0.15) is 12.7 Å². The Bertz CT molecular complexity index is 572. The Morgan fingerprint density at radius 1 is 1.25 bits per heavy atom. The quantitative estimate of drug-likeness (QED) is 0.447. The molecule has 1 aliphatic rings. The van der Waals surface area contributed by atoms with Crippen LogP contribution in [-0.2, 0) is 11.2 Å². The van der Waals surface area contributed by atoms with E-state index in [0.29, 0.717) is 13.0 Å². The molecule has 0 bridgehead atoms. The van der Waals surface area contributed by atoms with Crippen LogP contribution >= 0.6 is 10.8 Å². The summed E-state index contributed by atoms with van der Waals surface area (Å²) in [6.07, 6.45) is 1.54. The molecule has 1 fully saturated rings. The van der Waals surface area contributed by atoms with E-state index < -0.39 is 10.8 Å². The lowest BCUT2D eigenvalue weighted by atomic mass is 10.1. The number of ether oxygens (including phenoxy) is 1. The highest BCUT2D eigenvalue weighted by Gasteiger charge is 2.28. The van der Waals surface area contributed by atoms with Crippen LogP contribution in [-0.4, -0.2) is 25.1 Å². The maximum atomic E-state index is 12.3. The minimum Gasteiger partial charge on any atom is -0.370 e. The normalized spacial score (nSPS) is 18.0. The summed E-state index contributed by atoms with van der Waals surface area (Å²) in [7, 11) is -0.483. The summed E-state index contributed by atoms with van der Waals surface area (Å²) >= 11 is 0. The van der Waals surface area contributed by atoms with Gasteiger partial charge >= 0.3 is 0 Å². The van der Waals surface area contributed by atoms with Gasteiger partial charge in [-0.1, -0.05) is 30.3 Å². The second-order valence-corrected chi connectivity index (χ2v) is 6.35. The maximum Gasteiger partial charge on any atom is 0.252 e. The summed E-state index contributed by atoms with van der Waals surface area (Å²) in [6, 6.07) is 13.9. The highest BCUT2D eigenvalue weighted by atomic mass is 32.2. The van der Waals surface area contributed by atoms with Gasteiger partial charge in [0.15, 0.2) is 16.1 Å². The van der Waals surface area contributed by atoms with Gasteiger partial charge in [0, 0.05) is 12.5 Å². The number of ketones is 1. The average Bonchev–Trinajstić information content (AvgIpc) is 3.20. The largest absolute Gasteiger partial charge is 0.370 e. The first-order valence-electron chi connectivity index (χ1n) is 6.76. The molecule has 4 heteroatoms. The number of carbonyl (C=O) groups is 1. The molecule has 2 atom stereocenters. The molecule has 0 aliphatic carbocycles. The molecule has 0 spiro atoms. The maximum absolute atomic E-state index is 12.3. The molecular formula is C16H17O3S+. The molecule has 1 saturated heterocycles. The van der Waals surface area contributed by atoms with Crippen LogP contribution < -0.4 is 4.18 Å². The molecule has 2 aromatic rings. The van der Waals surface area contributed by atoms with Gasteiger partial charge in [-0.05, 0) is 18.1 Å². The van der Waals surface area contributed by atoms with Crippen molar-refractivity contribution < 1.29 is 13.7 Å². The Labute approximate surface area is 121 Å². The summed E-state index contributed by atoms with van der Waals surface area (Å²) < 4.78 is 10.9. The molecule has 20 heavy (non-hydrogen) atoms. The Morgan fingerprint density at radius 2 is 2.05 bits per heavy atom. The van der Waals surface area contributed by atoms with Crippen molar-refractivity contribution in [2.75, 3.05) is 13.2 Å². The monoisotopic (exact) mass is 289 g/mol. The van der Waals surface area contributed by atoms with E-state index in [0.717, 1.165) is 17.9 Å². The van der Waals surface area contributed by atoms with E-state index in [2.05, 4.69) is 12.1 Å². The van der Waals surface area contributed by atoms with E-state index in [4.69, 9.17) is 8.92 Å². The summed E-state index contributed by atoms with van der Waals surface area (Å²) in [5.41, 5.74) is 1.19. The highest BCUT2D eigenvalue weighted by Crippen LogP contribution is 2.25. The minimum absolute atomic E-state index is 0.180. The third-order valence-electron chi connectivity index (χ3n) is 3.21. The number of Topliss-reactive ketones (excluding diaryl/α,β-unsaturated/α-hetero) is 1. The predicted octanol–water partition coefficient (Wildman–Crippen LogP) is 3.08. The van der Waals surface area contributed by atoms with E-state index in [1.807, 2.05) is 35.7 Å². The van der Waals surface area contributed by atoms with Crippen molar-refractivity contribution in [2.24, 2.45) is 0 Å². The highest BCUT2D eigenvalue weighted by molar-refractivity contribution is 7.26.